The van der Waals surface area contributed by atoms with Crippen molar-refractivity contribution in [3.05, 3.63) is 53.1 Å². The van der Waals surface area contributed by atoms with Crippen molar-refractivity contribution >= 4 is 11.9 Å². The number of nitrogens with one attached hydrogen (secondary N) is 1. The van der Waals surface area contributed by atoms with Gasteiger partial charge in [-0.25, -0.2) is 9.18 Å². The van der Waals surface area contributed by atoms with Crippen LogP contribution in [0.15, 0.2) is 30.3 Å². The van der Waals surface area contributed by atoms with Crippen molar-refractivity contribution in [2.45, 2.75) is 13.5 Å². The third kappa shape index (κ3) is 3.69. The Labute approximate surface area is 126 Å². The molecule has 1 aromatic carbocycles. The van der Waals surface area contributed by atoms with Crippen LogP contribution in [0.2, 0.25) is 0 Å². The molecule has 7 heteroatoms. The topological polar surface area (TPSA) is 73.2 Å². The van der Waals surface area contributed by atoms with Gasteiger partial charge in [-0.3, -0.25) is 9.48 Å². The molecule has 2 aromatic rings. The highest BCUT2D eigenvalue weighted by molar-refractivity contribution is 5.95. The van der Waals surface area contributed by atoms with E-state index < -0.39 is 11.9 Å². The van der Waals surface area contributed by atoms with E-state index in [1.807, 2.05) is 0 Å². The Morgan fingerprint density at radius 2 is 2.00 bits per heavy atom. The summed E-state index contributed by atoms with van der Waals surface area (Å²) in [4.78, 5) is 23.7. The third-order valence-corrected chi connectivity index (χ3v) is 2.96. The van der Waals surface area contributed by atoms with Gasteiger partial charge in [0.05, 0.1) is 6.61 Å². The molecule has 0 unspecified atom stereocenters. The normalized spacial score (nSPS) is 10.3. The molecule has 1 amide bonds. The Morgan fingerprint density at radius 3 is 2.64 bits per heavy atom. The average Bonchev–Trinajstić information content (AvgIpc) is 2.89. The first-order chi connectivity index (χ1) is 10.5. The summed E-state index contributed by atoms with van der Waals surface area (Å²) < 4.78 is 19.0. The van der Waals surface area contributed by atoms with Crippen LogP contribution in [0.4, 0.5) is 4.39 Å². The summed E-state index contributed by atoms with van der Waals surface area (Å²) in [5.74, 6) is -1.29. The van der Waals surface area contributed by atoms with Crippen molar-refractivity contribution in [1.29, 1.82) is 0 Å². The van der Waals surface area contributed by atoms with Crippen molar-refractivity contribution < 1.29 is 18.7 Å². The summed E-state index contributed by atoms with van der Waals surface area (Å²) in [6.45, 7) is 2.19. The van der Waals surface area contributed by atoms with Crippen molar-refractivity contribution in [2.24, 2.45) is 7.05 Å². The van der Waals surface area contributed by atoms with Gasteiger partial charge in [0, 0.05) is 19.7 Å². The summed E-state index contributed by atoms with van der Waals surface area (Å²) in [5, 5.41) is 6.64. The van der Waals surface area contributed by atoms with Crippen LogP contribution in [-0.4, -0.2) is 28.3 Å². The van der Waals surface area contributed by atoms with Gasteiger partial charge in [-0.15, -0.1) is 0 Å². The maximum Gasteiger partial charge on any atom is 0.356 e. The van der Waals surface area contributed by atoms with Gasteiger partial charge in [-0.05, 0) is 24.6 Å². The summed E-state index contributed by atoms with van der Waals surface area (Å²) >= 11 is 0. The molecule has 0 bridgehead atoms. The van der Waals surface area contributed by atoms with Crippen LogP contribution in [0.3, 0.4) is 0 Å². The SMILES string of the molecule is CCOC(=O)c1cc(C(=O)NCc2ccc(F)cc2)nn1C. The Hall–Kier alpha value is -2.70. The number of carbonyl (C=O) groups is 2. The Bertz CT molecular complexity index is 680. The fourth-order valence-corrected chi connectivity index (χ4v) is 1.85. The maximum absolute atomic E-state index is 12.8. The number of aryl methyl sites for hydroxylation is 1. The van der Waals surface area contributed by atoms with Crippen LogP contribution in [0.5, 0.6) is 0 Å². The quantitative estimate of drug-likeness (QED) is 0.853. The average molecular weight is 305 g/mol. The van der Waals surface area contributed by atoms with Crippen molar-refractivity contribution in [1.82, 2.24) is 15.1 Å². The van der Waals surface area contributed by atoms with Gasteiger partial charge in [0.25, 0.3) is 5.91 Å². The van der Waals surface area contributed by atoms with Crippen molar-refractivity contribution in [3.8, 4) is 0 Å². The fourth-order valence-electron chi connectivity index (χ4n) is 1.85. The lowest BCUT2D eigenvalue weighted by atomic mass is 10.2. The molecule has 0 saturated carbocycles. The van der Waals surface area contributed by atoms with Crippen LogP contribution < -0.4 is 5.32 Å². The second kappa shape index (κ2) is 6.84. The molecular formula is C15H16FN3O3. The summed E-state index contributed by atoms with van der Waals surface area (Å²) in [7, 11) is 1.56. The number of ether oxygens (including phenoxy) is 1. The number of nitrogens with zero attached hydrogens (tertiary/aromatic N) is 2. The predicted octanol–water partition coefficient (Wildman–Crippen LogP) is 1.67. The first-order valence-corrected chi connectivity index (χ1v) is 6.75. The van der Waals surface area contributed by atoms with E-state index in [9.17, 15) is 14.0 Å². The number of rotatable bonds is 5. The van der Waals surface area contributed by atoms with Crippen LogP contribution in [-0.2, 0) is 18.3 Å². The standard InChI is InChI=1S/C15H16FN3O3/c1-3-22-15(21)13-8-12(18-19(13)2)14(20)17-9-10-4-6-11(16)7-5-10/h4-8H,3,9H2,1-2H3,(H,17,20). The van der Waals surface area contributed by atoms with Crippen LogP contribution in [0.1, 0.15) is 33.5 Å². The second-order valence-electron chi connectivity index (χ2n) is 4.57. The Morgan fingerprint density at radius 1 is 1.32 bits per heavy atom. The smallest absolute Gasteiger partial charge is 0.356 e. The number of halogens is 1. The molecule has 2 rings (SSSR count). The zero-order valence-corrected chi connectivity index (χ0v) is 12.3. The molecule has 0 radical (unpaired) electrons. The number of amides is 1. The van der Waals surface area contributed by atoms with E-state index in [0.717, 1.165) is 5.56 Å². The maximum atomic E-state index is 12.8. The zero-order chi connectivity index (χ0) is 16.1. The first kappa shape index (κ1) is 15.7. The molecule has 22 heavy (non-hydrogen) atoms. The molecule has 1 aromatic heterocycles. The summed E-state index contributed by atoms with van der Waals surface area (Å²) in [6, 6.07) is 7.18. The molecule has 116 valence electrons. The van der Waals surface area contributed by atoms with E-state index in [-0.39, 0.29) is 30.4 Å². The van der Waals surface area contributed by atoms with Gasteiger partial charge >= 0.3 is 5.97 Å². The molecule has 0 aliphatic rings. The molecule has 0 atom stereocenters. The Balaban J connectivity index is 2.02. The van der Waals surface area contributed by atoms with Gasteiger partial charge in [-0.1, -0.05) is 12.1 Å². The Kier molecular flexibility index (Phi) is 4.88. The van der Waals surface area contributed by atoms with E-state index in [1.54, 1.807) is 26.1 Å². The minimum absolute atomic E-state index is 0.118. The zero-order valence-electron chi connectivity index (χ0n) is 12.3. The molecule has 1 heterocycles. The van der Waals surface area contributed by atoms with Gasteiger partial charge in [-0.2, -0.15) is 5.10 Å². The van der Waals surface area contributed by atoms with Crippen LogP contribution in [0.25, 0.3) is 0 Å². The highest BCUT2D eigenvalue weighted by Crippen LogP contribution is 2.06. The number of esters is 1. The van der Waals surface area contributed by atoms with Crippen LogP contribution in [0, 0.1) is 5.82 Å². The van der Waals surface area contributed by atoms with Crippen molar-refractivity contribution in [2.75, 3.05) is 6.61 Å². The minimum Gasteiger partial charge on any atom is -0.461 e. The van der Waals surface area contributed by atoms with E-state index >= 15 is 0 Å². The van der Waals surface area contributed by atoms with Gasteiger partial charge in [0.15, 0.2) is 5.69 Å². The van der Waals surface area contributed by atoms with E-state index in [0.29, 0.717) is 0 Å². The van der Waals surface area contributed by atoms with E-state index in [4.69, 9.17) is 4.74 Å². The number of benzene rings is 1. The first-order valence-electron chi connectivity index (χ1n) is 6.75. The molecule has 6 nitrogen and oxygen atoms in total. The molecular weight excluding hydrogens is 289 g/mol. The monoisotopic (exact) mass is 305 g/mol. The third-order valence-electron chi connectivity index (χ3n) is 2.96. The summed E-state index contributed by atoms with van der Waals surface area (Å²) in [6.07, 6.45) is 0. The lowest BCUT2D eigenvalue weighted by Gasteiger charge is -2.03. The minimum atomic E-state index is -0.532. The molecule has 0 spiro atoms. The number of hydrogen-bond donors (Lipinski definition) is 1. The molecule has 0 aliphatic heterocycles. The number of hydrogen-bond acceptors (Lipinski definition) is 4. The molecule has 1 N–H and O–H groups in total. The predicted molar refractivity (Wildman–Crippen MR) is 76.7 cm³/mol. The fraction of sp³-hybridized carbons (Fsp3) is 0.267. The number of aromatic nitrogens is 2. The van der Waals surface area contributed by atoms with Crippen LogP contribution >= 0.6 is 0 Å². The highest BCUT2D eigenvalue weighted by atomic mass is 19.1. The molecule has 0 aliphatic carbocycles. The van der Waals surface area contributed by atoms with Crippen molar-refractivity contribution in [3.63, 3.8) is 0 Å². The van der Waals surface area contributed by atoms with Gasteiger partial charge < -0.3 is 10.1 Å². The van der Waals surface area contributed by atoms with Gasteiger partial charge in [0.2, 0.25) is 0 Å². The lowest BCUT2D eigenvalue weighted by molar-refractivity contribution is 0.0513. The number of carbonyl (C=O) groups excluding carboxylic acids is 2. The van der Waals surface area contributed by atoms with E-state index in [2.05, 4.69) is 10.4 Å². The molecule has 0 saturated heterocycles. The van der Waals surface area contributed by atoms with E-state index in [1.165, 1.54) is 22.9 Å². The summed E-state index contributed by atoms with van der Waals surface area (Å²) in [5.41, 5.74) is 1.08. The highest BCUT2D eigenvalue weighted by Gasteiger charge is 2.18. The second-order valence-corrected chi connectivity index (χ2v) is 4.57. The largest absolute Gasteiger partial charge is 0.461 e. The lowest BCUT2D eigenvalue weighted by Crippen LogP contribution is -2.23. The van der Waals surface area contributed by atoms with Gasteiger partial charge in [0.1, 0.15) is 11.5 Å². The molecule has 0 fully saturated rings.